The number of alkyl halides is 2. The summed E-state index contributed by atoms with van der Waals surface area (Å²) in [6.45, 7) is 1.41. The van der Waals surface area contributed by atoms with Gasteiger partial charge in [0.15, 0.2) is 0 Å². The summed E-state index contributed by atoms with van der Waals surface area (Å²) in [6, 6.07) is 4.28. The van der Waals surface area contributed by atoms with E-state index in [4.69, 9.17) is 0 Å². The second-order valence-corrected chi connectivity index (χ2v) is 4.41. The van der Waals surface area contributed by atoms with Crippen molar-refractivity contribution in [2.75, 3.05) is 11.9 Å². The van der Waals surface area contributed by atoms with Gasteiger partial charge in [0.1, 0.15) is 5.75 Å². The summed E-state index contributed by atoms with van der Waals surface area (Å²) in [5, 5.41) is 5.23. The van der Waals surface area contributed by atoms with E-state index in [9.17, 15) is 13.6 Å². The van der Waals surface area contributed by atoms with Crippen LogP contribution in [0.2, 0.25) is 0 Å². The summed E-state index contributed by atoms with van der Waals surface area (Å²) in [6.07, 6.45) is 2.98. The van der Waals surface area contributed by atoms with Crippen molar-refractivity contribution in [3.63, 3.8) is 0 Å². The molecule has 2 amide bonds. The van der Waals surface area contributed by atoms with Crippen LogP contribution < -0.4 is 15.4 Å². The second-order valence-electron chi connectivity index (χ2n) is 4.41. The van der Waals surface area contributed by atoms with Gasteiger partial charge < -0.3 is 15.4 Å². The molecule has 0 heterocycles. The van der Waals surface area contributed by atoms with Gasteiger partial charge in [-0.05, 0) is 25.0 Å². The van der Waals surface area contributed by atoms with E-state index in [2.05, 4.69) is 22.3 Å². The van der Waals surface area contributed by atoms with E-state index in [1.54, 1.807) is 19.1 Å². The van der Waals surface area contributed by atoms with Gasteiger partial charge in [0.25, 0.3) is 0 Å². The summed E-state index contributed by atoms with van der Waals surface area (Å²) in [7, 11) is 0. The molecule has 0 aliphatic carbocycles. The standard InChI is InChI=1S/C14H20F2N2O2/c1-3-4-5-9-17-14(19)18-12-10(2)7-6-8-11(12)20-13(15)16/h6-8,13H,3-5,9H2,1-2H3,(H2,17,18,19). The monoisotopic (exact) mass is 286 g/mol. The zero-order valence-corrected chi connectivity index (χ0v) is 11.7. The number of benzene rings is 1. The third-order valence-electron chi connectivity index (χ3n) is 2.76. The highest BCUT2D eigenvalue weighted by Crippen LogP contribution is 2.29. The lowest BCUT2D eigenvalue weighted by atomic mass is 10.2. The molecule has 2 N–H and O–H groups in total. The molecule has 0 aliphatic rings. The first kappa shape index (κ1) is 16.2. The fraction of sp³-hybridized carbons (Fsp3) is 0.500. The molecule has 1 aromatic carbocycles. The Kier molecular flexibility index (Phi) is 6.76. The first-order valence-corrected chi connectivity index (χ1v) is 6.64. The van der Waals surface area contributed by atoms with Crippen LogP contribution in [0, 0.1) is 6.92 Å². The summed E-state index contributed by atoms with van der Waals surface area (Å²) in [5.41, 5.74) is 0.924. The van der Waals surface area contributed by atoms with Crippen molar-refractivity contribution in [1.29, 1.82) is 0 Å². The van der Waals surface area contributed by atoms with Crippen LogP contribution in [0.5, 0.6) is 5.75 Å². The summed E-state index contributed by atoms with van der Waals surface area (Å²) >= 11 is 0. The zero-order chi connectivity index (χ0) is 15.0. The highest BCUT2D eigenvalue weighted by molar-refractivity contribution is 5.91. The lowest BCUT2D eigenvalue weighted by molar-refractivity contribution is -0.0493. The van der Waals surface area contributed by atoms with E-state index >= 15 is 0 Å². The van der Waals surface area contributed by atoms with Gasteiger partial charge in [0.2, 0.25) is 0 Å². The second kappa shape index (κ2) is 8.35. The van der Waals surface area contributed by atoms with Crippen molar-refractivity contribution in [3.05, 3.63) is 23.8 Å². The minimum atomic E-state index is -2.93. The normalized spacial score (nSPS) is 10.4. The molecule has 6 heteroatoms. The number of aryl methyl sites for hydroxylation is 1. The van der Waals surface area contributed by atoms with E-state index in [0.29, 0.717) is 12.1 Å². The van der Waals surface area contributed by atoms with Crippen LogP contribution in [0.4, 0.5) is 19.3 Å². The first-order chi connectivity index (χ1) is 9.54. The summed E-state index contributed by atoms with van der Waals surface area (Å²) < 4.78 is 29.0. The number of ether oxygens (including phenoxy) is 1. The third-order valence-corrected chi connectivity index (χ3v) is 2.76. The lowest BCUT2D eigenvalue weighted by Crippen LogP contribution is -2.30. The predicted octanol–water partition coefficient (Wildman–Crippen LogP) is 3.91. The first-order valence-electron chi connectivity index (χ1n) is 6.64. The molecule has 0 atom stereocenters. The van der Waals surface area contributed by atoms with Gasteiger partial charge in [-0.2, -0.15) is 8.78 Å². The van der Waals surface area contributed by atoms with Gasteiger partial charge in [0, 0.05) is 6.54 Å². The van der Waals surface area contributed by atoms with Crippen molar-refractivity contribution in [2.45, 2.75) is 39.7 Å². The van der Waals surface area contributed by atoms with Gasteiger partial charge in [-0.25, -0.2) is 4.79 Å². The van der Waals surface area contributed by atoms with Crippen molar-refractivity contribution in [3.8, 4) is 5.75 Å². The Balaban J connectivity index is 2.63. The van der Waals surface area contributed by atoms with E-state index in [1.807, 2.05) is 0 Å². The maximum absolute atomic E-state index is 12.3. The summed E-state index contributed by atoms with van der Waals surface area (Å²) in [5.74, 6) is -0.0382. The van der Waals surface area contributed by atoms with Crippen LogP contribution in [0.25, 0.3) is 0 Å². The predicted molar refractivity (Wildman–Crippen MR) is 74.4 cm³/mol. The summed E-state index contributed by atoms with van der Waals surface area (Å²) in [4.78, 5) is 11.7. The molecule has 112 valence electrons. The molecule has 0 aliphatic heterocycles. The highest BCUT2D eigenvalue weighted by atomic mass is 19.3. The Bertz CT molecular complexity index is 439. The number of halogens is 2. The van der Waals surface area contributed by atoms with Crippen LogP contribution in [0.1, 0.15) is 31.7 Å². The number of amides is 2. The number of para-hydroxylation sites is 1. The number of anilines is 1. The molecule has 1 rings (SSSR count). The Morgan fingerprint density at radius 3 is 2.75 bits per heavy atom. The third kappa shape index (κ3) is 5.42. The molecule has 4 nitrogen and oxygen atoms in total. The molecule has 0 bridgehead atoms. The largest absolute Gasteiger partial charge is 0.433 e. The van der Waals surface area contributed by atoms with E-state index in [0.717, 1.165) is 19.3 Å². The van der Waals surface area contributed by atoms with Gasteiger partial charge in [-0.1, -0.05) is 31.9 Å². The van der Waals surface area contributed by atoms with Gasteiger partial charge >= 0.3 is 12.6 Å². The average molecular weight is 286 g/mol. The Labute approximate surface area is 117 Å². The molecule has 20 heavy (non-hydrogen) atoms. The molecule has 0 aromatic heterocycles. The molecule has 0 saturated heterocycles. The molecule has 0 radical (unpaired) electrons. The molecular formula is C14H20F2N2O2. The average Bonchev–Trinajstić information content (AvgIpc) is 2.38. The fourth-order valence-corrected chi connectivity index (χ4v) is 1.73. The van der Waals surface area contributed by atoms with Crippen LogP contribution >= 0.6 is 0 Å². The Morgan fingerprint density at radius 2 is 2.10 bits per heavy atom. The number of nitrogens with one attached hydrogen (secondary N) is 2. The highest BCUT2D eigenvalue weighted by Gasteiger charge is 2.13. The van der Waals surface area contributed by atoms with Crippen molar-refractivity contribution < 1.29 is 18.3 Å². The lowest BCUT2D eigenvalue weighted by Gasteiger charge is -2.14. The van der Waals surface area contributed by atoms with Crippen LogP contribution in [-0.4, -0.2) is 19.2 Å². The smallest absolute Gasteiger partial charge is 0.387 e. The topological polar surface area (TPSA) is 50.4 Å². The SMILES string of the molecule is CCCCCNC(=O)Nc1c(C)cccc1OC(F)F. The van der Waals surface area contributed by atoms with Gasteiger partial charge in [-0.15, -0.1) is 0 Å². The maximum atomic E-state index is 12.3. The molecule has 0 spiro atoms. The van der Waals surface area contributed by atoms with Gasteiger partial charge in [-0.3, -0.25) is 0 Å². The van der Waals surface area contributed by atoms with Crippen molar-refractivity contribution in [1.82, 2.24) is 5.32 Å². The molecule has 1 aromatic rings. The number of hydrogen-bond donors (Lipinski definition) is 2. The number of hydrogen-bond acceptors (Lipinski definition) is 2. The fourth-order valence-electron chi connectivity index (χ4n) is 1.73. The van der Waals surface area contributed by atoms with Crippen LogP contribution in [0.3, 0.4) is 0 Å². The van der Waals surface area contributed by atoms with Crippen molar-refractivity contribution >= 4 is 11.7 Å². The maximum Gasteiger partial charge on any atom is 0.387 e. The molecular weight excluding hydrogens is 266 g/mol. The molecule has 0 saturated carbocycles. The molecule has 0 fully saturated rings. The number of rotatable bonds is 7. The van der Waals surface area contributed by atoms with E-state index < -0.39 is 12.6 Å². The van der Waals surface area contributed by atoms with E-state index in [1.165, 1.54) is 6.07 Å². The van der Waals surface area contributed by atoms with Crippen LogP contribution in [0.15, 0.2) is 18.2 Å². The van der Waals surface area contributed by atoms with E-state index in [-0.39, 0.29) is 11.4 Å². The number of urea groups is 1. The Hall–Kier alpha value is -1.85. The minimum absolute atomic E-state index is 0.0382. The van der Waals surface area contributed by atoms with Crippen molar-refractivity contribution in [2.24, 2.45) is 0 Å². The number of carbonyl (C=O) groups excluding carboxylic acids is 1. The zero-order valence-electron chi connectivity index (χ0n) is 11.7. The quantitative estimate of drug-likeness (QED) is 0.747. The number of carbonyl (C=O) groups is 1. The van der Waals surface area contributed by atoms with Crippen LogP contribution in [-0.2, 0) is 0 Å². The molecule has 0 unspecified atom stereocenters. The minimum Gasteiger partial charge on any atom is -0.433 e. The van der Waals surface area contributed by atoms with Gasteiger partial charge in [0.05, 0.1) is 5.69 Å². The Morgan fingerprint density at radius 1 is 1.35 bits per heavy atom. The number of unbranched alkanes of at least 4 members (excludes halogenated alkanes) is 2.